The zero-order valence-corrected chi connectivity index (χ0v) is 13.3. The number of amides is 2. The molecule has 1 N–H and O–H groups in total. The van der Waals surface area contributed by atoms with Gasteiger partial charge in [0.05, 0.1) is 0 Å². The van der Waals surface area contributed by atoms with Gasteiger partial charge in [0.25, 0.3) is 5.91 Å². The molecule has 0 spiro atoms. The van der Waals surface area contributed by atoms with Gasteiger partial charge in [0, 0.05) is 17.8 Å². The predicted octanol–water partition coefficient (Wildman–Crippen LogP) is 3.31. The minimum absolute atomic E-state index is 0.0250. The van der Waals surface area contributed by atoms with E-state index in [-0.39, 0.29) is 17.7 Å². The van der Waals surface area contributed by atoms with Gasteiger partial charge >= 0.3 is 0 Å². The van der Waals surface area contributed by atoms with Crippen LogP contribution in [-0.2, 0) is 11.3 Å². The first-order chi connectivity index (χ1) is 11.1. The number of nitrogens with one attached hydrogen (secondary N) is 1. The second-order valence-corrected chi connectivity index (χ2v) is 6.13. The maximum Gasteiger partial charge on any atom is 0.255 e. The zero-order valence-electron chi connectivity index (χ0n) is 13.3. The van der Waals surface area contributed by atoms with Crippen molar-refractivity contribution in [1.29, 1.82) is 0 Å². The Morgan fingerprint density at radius 3 is 2.35 bits per heavy atom. The summed E-state index contributed by atoms with van der Waals surface area (Å²) < 4.78 is 0. The third kappa shape index (κ3) is 2.97. The molecular weight excluding hydrogens is 288 g/mol. The summed E-state index contributed by atoms with van der Waals surface area (Å²) in [5.41, 5.74) is 2.42. The lowest BCUT2D eigenvalue weighted by Gasteiger charge is -2.29. The fraction of sp³-hybridized carbons (Fsp3) is 0.263. The topological polar surface area (TPSA) is 49.4 Å². The van der Waals surface area contributed by atoms with E-state index in [9.17, 15) is 9.59 Å². The van der Waals surface area contributed by atoms with Crippen LogP contribution in [0, 0.1) is 5.92 Å². The van der Waals surface area contributed by atoms with E-state index in [4.69, 9.17) is 0 Å². The molecule has 0 bridgehead atoms. The summed E-state index contributed by atoms with van der Waals surface area (Å²) in [6.07, 6.45) is 0. The predicted molar refractivity (Wildman–Crippen MR) is 90.0 cm³/mol. The van der Waals surface area contributed by atoms with Crippen molar-refractivity contribution >= 4 is 17.5 Å². The molecule has 1 aliphatic heterocycles. The largest absolute Gasteiger partial charge is 0.324 e. The molecule has 0 fully saturated rings. The monoisotopic (exact) mass is 308 g/mol. The van der Waals surface area contributed by atoms with Crippen molar-refractivity contribution < 1.29 is 9.59 Å². The lowest BCUT2D eigenvalue weighted by atomic mass is 10.0. The van der Waals surface area contributed by atoms with E-state index in [1.165, 1.54) is 0 Å². The Balaban J connectivity index is 1.83. The van der Waals surface area contributed by atoms with Crippen LogP contribution in [0.1, 0.15) is 29.8 Å². The molecule has 1 atom stereocenters. The van der Waals surface area contributed by atoms with Gasteiger partial charge in [-0.3, -0.25) is 9.59 Å². The number of carbonyl (C=O) groups excluding carboxylic acids is 2. The summed E-state index contributed by atoms with van der Waals surface area (Å²) in [5.74, 6) is -0.188. The van der Waals surface area contributed by atoms with Gasteiger partial charge in [-0.15, -0.1) is 0 Å². The van der Waals surface area contributed by atoms with Crippen molar-refractivity contribution in [3.05, 3.63) is 65.7 Å². The Morgan fingerprint density at radius 2 is 1.70 bits per heavy atom. The molecule has 118 valence electrons. The molecule has 0 aliphatic carbocycles. The lowest BCUT2D eigenvalue weighted by Crippen LogP contribution is -2.47. The van der Waals surface area contributed by atoms with Gasteiger partial charge in [-0.1, -0.05) is 50.2 Å². The number of carbonyl (C=O) groups is 2. The van der Waals surface area contributed by atoms with Crippen LogP contribution in [0.4, 0.5) is 5.69 Å². The molecule has 0 saturated carbocycles. The quantitative estimate of drug-likeness (QED) is 0.942. The average Bonchev–Trinajstić information content (AvgIpc) is 2.85. The first-order valence-electron chi connectivity index (χ1n) is 7.82. The van der Waals surface area contributed by atoms with Crippen molar-refractivity contribution in [2.75, 3.05) is 5.32 Å². The van der Waals surface area contributed by atoms with Crippen molar-refractivity contribution in [1.82, 2.24) is 4.90 Å². The van der Waals surface area contributed by atoms with Crippen LogP contribution in [0.5, 0.6) is 0 Å². The van der Waals surface area contributed by atoms with Gasteiger partial charge in [-0.25, -0.2) is 0 Å². The van der Waals surface area contributed by atoms with Crippen molar-refractivity contribution in [3.8, 4) is 0 Å². The molecule has 2 aromatic carbocycles. The molecule has 4 nitrogen and oxygen atoms in total. The highest BCUT2D eigenvalue weighted by Crippen LogP contribution is 2.27. The van der Waals surface area contributed by atoms with E-state index in [1.807, 2.05) is 68.4 Å². The van der Waals surface area contributed by atoms with E-state index < -0.39 is 6.04 Å². The van der Waals surface area contributed by atoms with Gasteiger partial charge in [0.2, 0.25) is 5.91 Å². The zero-order chi connectivity index (χ0) is 16.4. The fourth-order valence-electron chi connectivity index (χ4n) is 3.04. The summed E-state index contributed by atoms with van der Waals surface area (Å²) >= 11 is 0. The number of anilines is 1. The minimum atomic E-state index is -0.491. The molecular formula is C19H20N2O2. The van der Waals surface area contributed by atoms with E-state index >= 15 is 0 Å². The highest BCUT2D eigenvalue weighted by atomic mass is 16.2. The molecule has 3 rings (SSSR count). The Bertz CT molecular complexity index is 725. The molecule has 1 unspecified atom stereocenters. The number of nitrogens with zero attached hydrogens (tertiary/aromatic N) is 1. The summed E-state index contributed by atoms with van der Waals surface area (Å²) in [7, 11) is 0. The van der Waals surface area contributed by atoms with E-state index in [1.54, 1.807) is 4.90 Å². The molecule has 0 radical (unpaired) electrons. The van der Waals surface area contributed by atoms with Crippen LogP contribution < -0.4 is 5.32 Å². The molecule has 2 aromatic rings. The summed E-state index contributed by atoms with van der Waals surface area (Å²) in [5, 5.41) is 2.91. The molecule has 0 aromatic heterocycles. The third-order valence-electron chi connectivity index (χ3n) is 4.13. The van der Waals surface area contributed by atoms with Crippen molar-refractivity contribution in [3.63, 3.8) is 0 Å². The van der Waals surface area contributed by atoms with E-state index in [0.717, 1.165) is 11.3 Å². The van der Waals surface area contributed by atoms with Gasteiger partial charge in [-0.05, 0) is 29.7 Å². The van der Waals surface area contributed by atoms with Crippen molar-refractivity contribution in [2.24, 2.45) is 5.92 Å². The Kier molecular flexibility index (Phi) is 4.15. The van der Waals surface area contributed by atoms with Crippen LogP contribution in [0.25, 0.3) is 0 Å². The fourth-order valence-corrected chi connectivity index (χ4v) is 3.04. The lowest BCUT2D eigenvalue weighted by molar-refractivity contribution is -0.122. The molecule has 4 heteroatoms. The number of para-hydroxylation sites is 1. The van der Waals surface area contributed by atoms with Crippen molar-refractivity contribution in [2.45, 2.75) is 26.4 Å². The van der Waals surface area contributed by atoms with Gasteiger partial charge < -0.3 is 10.2 Å². The van der Waals surface area contributed by atoms with E-state index in [2.05, 4.69) is 5.32 Å². The maximum atomic E-state index is 12.7. The number of benzene rings is 2. The number of hydrogen-bond acceptors (Lipinski definition) is 2. The highest BCUT2D eigenvalue weighted by molar-refractivity contribution is 6.03. The SMILES string of the molecule is CC(C)C(C(=O)Nc1ccccc1)N1Cc2ccccc2C1=O. The highest BCUT2D eigenvalue weighted by Gasteiger charge is 2.37. The van der Waals surface area contributed by atoms with Crippen LogP contribution >= 0.6 is 0 Å². The van der Waals surface area contributed by atoms with Gasteiger partial charge in [-0.2, -0.15) is 0 Å². The molecule has 1 aliphatic rings. The summed E-state index contributed by atoms with van der Waals surface area (Å²) in [6, 6.07) is 16.4. The molecule has 23 heavy (non-hydrogen) atoms. The first kappa shape index (κ1) is 15.3. The van der Waals surface area contributed by atoms with Crippen LogP contribution in [0.3, 0.4) is 0 Å². The number of hydrogen-bond donors (Lipinski definition) is 1. The Labute approximate surface area is 136 Å². The smallest absolute Gasteiger partial charge is 0.255 e. The van der Waals surface area contributed by atoms with Gasteiger partial charge in [0.1, 0.15) is 6.04 Å². The van der Waals surface area contributed by atoms with Crippen LogP contribution in [-0.4, -0.2) is 22.8 Å². The maximum absolute atomic E-state index is 12.7. The summed E-state index contributed by atoms with van der Waals surface area (Å²) in [4.78, 5) is 27.1. The molecule has 1 heterocycles. The minimum Gasteiger partial charge on any atom is -0.324 e. The molecule has 0 saturated heterocycles. The van der Waals surface area contributed by atoms with Crippen LogP contribution in [0.2, 0.25) is 0 Å². The Morgan fingerprint density at radius 1 is 1.04 bits per heavy atom. The van der Waals surface area contributed by atoms with Crippen LogP contribution in [0.15, 0.2) is 54.6 Å². The second kappa shape index (κ2) is 6.24. The number of fused-ring (bicyclic) bond motifs is 1. The third-order valence-corrected chi connectivity index (χ3v) is 4.13. The Hall–Kier alpha value is -2.62. The standard InChI is InChI=1S/C19H20N2O2/c1-13(2)17(18(22)20-15-9-4-3-5-10-15)21-12-14-8-6-7-11-16(14)19(21)23/h3-11,13,17H,12H2,1-2H3,(H,20,22). The van der Waals surface area contributed by atoms with Gasteiger partial charge in [0.15, 0.2) is 0 Å². The first-order valence-corrected chi connectivity index (χ1v) is 7.82. The second-order valence-electron chi connectivity index (χ2n) is 6.13. The van der Waals surface area contributed by atoms with E-state index in [0.29, 0.717) is 12.1 Å². The normalized spacial score (nSPS) is 14.7. The molecule has 2 amide bonds. The summed E-state index contributed by atoms with van der Waals surface area (Å²) in [6.45, 7) is 4.41. The average molecular weight is 308 g/mol. The number of rotatable bonds is 4.